The molecule has 6 atom stereocenters. The molecule has 4 N–H and O–H groups in total. The van der Waals surface area contributed by atoms with Crippen molar-refractivity contribution in [2.75, 3.05) is 18.9 Å². The summed E-state index contributed by atoms with van der Waals surface area (Å²) in [6.45, 7) is 0.545. The van der Waals surface area contributed by atoms with E-state index < -0.39 is 61.9 Å². The van der Waals surface area contributed by atoms with Gasteiger partial charge < -0.3 is 20.7 Å². The molecule has 0 bridgehead atoms. The normalized spacial score (nSPS) is 34.5. The number of aliphatic hydroxyl groups excluding tert-OH is 1. The van der Waals surface area contributed by atoms with Crippen molar-refractivity contribution < 1.29 is 41.9 Å². The van der Waals surface area contributed by atoms with Gasteiger partial charge in [-0.05, 0) is 31.2 Å². The molecular weight excluding hydrogens is 467 g/mol. The van der Waals surface area contributed by atoms with Crippen LogP contribution in [0.5, 0.6) is 0 Å². The third-order valence-corrected chi connectivity index (χ3v) is 6.92. The van der Waals surface area contributed by atoms with E-state index in [2.05, 4.69) is 4.98 Å². The van der Waals surface area contributed by atoms with Gasteiger partial charge in [0.2, 0.25) is 0 Å². The summed E-state index contributed by atoms with van der Waals surface area (Å²) in [6, 6.07) is 4.11. The number of phosphoric acid groups is 1. The number of hydrogen-bond donors (Lipinski definition) is 3. The van der Waals surface area contributed by atoms with Crippen LogP contribution in [0.4, 0.5) is 14.6 Å². The molecule has 1 aromatic carbocycles. The van der Waals surface area contributed by atoms with Gasteiger partial charge in [0.05, 0.1) is 19.3 Å². The minimum absolute atomic E-state index is 0.0386. The number of phosphoric ester groups is 1. The Morgan fingerprint density at radius 3 is 2.88 bits per heavy atom. The van der Waals surface area contributed by atoms with Crippen LogP contribution in [0.2, 0.25) is 0 Å². The summed E-state index contributed by atoms with van der Waals surface area (Å²) in [7, 11) is -4.26. The van der Waals surface area contributed by atoms with Gasteiger partial charge in [0.25, 0.3) is 0 Å². The summed E-state index contributed by atoms with van der Waals surface area (Å²) in [5.41, 5.74) is 2.55. The Bertz CT molecular complexity index is 1150. The second kappa shape index (κ2) is 8.84. The molecule has 0 spiro atoms. The predicted molar refractivity (Wildman–Crippen MR) is 108 cm³/mol. The molecule has 33 heavy (non-hydrogen) atoms. The molecule has 2 saturated heterocycles. The fourth-order valence-corrected chi connectivity index (χ4v) is 5.08. The second-order valence-corrected chi connectivity index (χ2v) is 9.49. The third-order valence-electron chi connectivity index (χ3n) is 5.45. The van der Waals surface area contributed by atoms with Gasteiger partial charge >= 0.3 is 13.5 Å². The van der Waals surface area contributed by atoms with Gasteiger partial charge in [0, 0.05) is 18.2 Å². The van der Waals surface area contributed by atoms with Crippen LogP contribution in [0.3, 0.4) is 0 Å². The van der Waals surface area contributed by atoms with Crippen LogP contribution < -0.4 is 11.4 Å². The van der Waals surface area contributed by atoms with Crippen LogP contribution in [0.25, 0.3) is 0 Å². The maximum Gasteiger partial charge on any atom is 0.475 e. The number of hydrogen-bond acceptors (Lipinski definition) is 10. The Hall–Kier alpha value is -2.25. The van der Waals surface area contributed by atoms with Gasteiger partial charge in [0.1, 0.15) is 35.3 Å². The summed E-state index contributed by atoms with van der Waals surface area (Å²) in [4.78, 5) is 15.7. The zero-order valence-electron chi connectivity index (χ0n) is 17.3. The summed E-state index contributed by atoms with van der Waals surface area (Å²) in [5, 5.41) is 21.3. The van der Waals surface area contributed by atoms with Gasteiger partial charge in [-0.3, -0.25) is 18.1 Å². The monoisotopic (exact) mass is 489 g/mol. The number of aromatic nitrogens is 2. The van der Waals surface area contributed by atoms with Crippen molar-refractivity contribution in [1.29, 1.82) is 0 Å². The minimum atomic E-state index is -4.26. The number of halogens is 2. The highest BCUT2D eigenvalue weighted by Crippen LogP contribution is 2.57. The van der Waals surface area contributed by atoms with E-state index in [0.717, 1.165) is 22.8 Å². The molecule has 0 amide bonds. The zero-order valence-corrected chi connectivity index (χ0v) is 18.2. The van der Waals surface area contributed by atoms with Crippen molar-refractivity contribution in [2.24, 2.45) is 0 Å². The van der Waals surface area contributed by atoms with E-state index in [1.165, 1.54) is 19.2 Å². The molecule has 14 heteroatoms. The standard InChI is InChI=1S/C19H22F2N3O8P/c1-19(27)16(25)14(31-17(19)24-6-4-15(22)23-18(24)26)9-30-33(28)29-7-5-13(32-33)11-8-10(20)2-3-12(11)21/h2-4,6,8,13-14,16-17,25,27H,5,7,9H2,1H3,(H2,22,23,26)/t13?,14-,16-,17-,19-,33?/m1/s1. The average Bonchev–Trinajstić information content (AvgIpc) is 2.97. The first-order chi connectivity index (χ1) is 15.5. The minimum Gasteiger partial charge on any atom is -0.387 e. The molecule has 11 nitrogen and oxygen atoms in total. The van der Waals surface area contributed by atoms with E-state index in [1.807, 2.05) is 0 Å². The predicted octanol–water partition coefficient (Wildman–Crippen LogP) is 1.42. The molecule has 0 saturated carbocycles. The SMILES string of the molecule is C[C@@]1(O)[C@H](O)[C@@H](COP2(=O)OCCC(c3cc(F)ccc3F)O2)O[C@H]1n1ccc(N)nc1=O. The quantitative estimate of drug-likeness (QED) is 0.525. The fourth-order valence-electron chi connectivity index (χ4n) is 3.70. The molecule has 0 radical (unpaired) electrons. The van der Waals surface area contributed by atoms with Crippen LogP contribution in [-0.4, -0.2) is 50.8 Å². The van der Waals surface area contributed by atoms with Gasteiger partial charge in [-0.15, -0.1) is 0 Å². The first kappa shape index (κ1) is 23.9. The van der Waals surface area contributed by atoms with Crippen LogP contribution in [0.1, 0.15) is 31.2 Å². The Kier molecular flexibility index (Phi) is 6.40. The van der Waals surface area contributed by atoms with Crippen LogP contribution in [0.15, 0.2) is 35.3 Å². The van der Waals surface area contributed by atoms with Crippen molar-refractivity contribution in [3.63, 3.8) is 0 Å². The first-order valence-electron chi connectivity index (χ1n) is 9.93. The van der Waals surface area contributed by atoms with E-state index in [1.54, 1.807) is 0 Å². The number of nitrogen functional groups attached to an aromatic ring is 1. The summed E-state index contributed by atoms with van der Waals surface area (Å²) >= 11 is 0. The van der Waals surface area contributed by atoms with Crippen LogP contribution in [0, 0.1) is 11.6 Å². The van der Waals surface area contributed by atoms with Crippen molar-refractivity contribution in [2.45, 2.75) is 43.5 Å². The molecule has 2 aliphatic heterocycles. The Balaban J connectivity index is 1.47. The summed E-state index contributed by atoms with van der Waals surface area (Å²) in [6.07, 6.45) is -3.93. The van der Waals surface area contributed by atoms with Gasteiger partial charge in [-0.25, -0.2) is 18.1 Å². The fraction of sp³-hybridized carbons (Fsp3) is 0.474. The van der Waals surface area contributed by atoms with Crippen molar-refractivity contribution in [1.82, 2.24) is 9.55 Å². The highest BCUT2D eigenvalue weighted by molar-refractivity contribution is 7.48. The van der Waals surface area contributed by atoms with Gasteiger partial charge in [-0.1, -0.05) is 0 Å². The Morgan fingerprint density at radius 1 is 1.39 bits per heavy atom. The number of aliphatic hydroxyl groups is 2. The molecular formula is C19H22F2N3O8P. The summed E-state index contributed by atoms with van der Waals surface area (Å²) in [5.74, 6) is -1.48. The molecule has 2 aromatic rings. The van der Waals surface area contributed by atoms with Gasteiger partial charge in [-0.2, -0.15) is 4.98 Å². The molecule has 2 unspecified atom stereocenters. The lowest BCUT2D eigenvalue weighted by Gasteiger charge is -2.30. The molecule has 0 aliphatic carbocycles. The van der Waals surface area contributed by atoms with E-state index in [9.17, 15) is 28.4 Å². The summed E-state index contributed by atoms with van der Waals surface area (Å²) < 4.78 is 62.7. The Labute approximate surface area is 186 Å². The number of anilines is 1. The first-order valence-corrected chi connectivity index (χ1v) is 11.4. The van der Waals surface area contributed by atoms with E-state index in [0.29, 0.717) is 0 Å². The maximum absolute atomic E-state index is 14.1. The highest BCUT2D eigenvalue weighted by atomic mass is 31.2. The molecule has 4 rings (SSSR count). The molecule has 180 valence electrons. The maximum atomic E-state index is 14.1. The van der Waals surface area contributed by atoms with Crippen molar-refractivity contribution >= 4 is 13.6 Å². The van der Waals surface area contributed by atoms with Crippen molar-refractivity contribution in [3.8, 4) is 0 Å². The van der Waals surface area contributed by atoms with Crippen LogP contribution in [-0.2, 0) is 22.9 Å². The lowest BCUT2D eigenvalue weighted by atomic mass is 9.96. The number of nitrogens with zero attached hydrogens (tertiary/aromatic N) is 2. The van der Waals surface area contributed by atoms with E-state index in [4.69, 9.17) is 24.0 Å². The smallest absolute Gasteiger partial charge is 0.387 e. The average molecular weight is 489 g/mol. The number of ether oxygens (including phenoxy) is 1. The number of nitrogens with two attached hydrogens (primary N) is 1. The second-order valence-electron chi connectivity index (χ2n) is 7.86. The third kappa shape index (κ3) is 4.71. The van der Waals surface area contributed by atoms with E-state index in [-0.39, 0.29) is 24.4 Å². The largest absolute Gasteiger partial charge is 0.475 e. The number of rotatable bonds is 5. The lowest BCUT2D eigenvalue weighted by Crippen LogP contribution is -2.46. The number of benzene rings is 1. The topological polar surface area (TPSA) is 155 Å². The molecule has 2 fully saturated rings. The van der Waals surface area contributed by atoms with E-state index >= 15 is 0 Å². The Morgan fingerprint density at radius 2 is 2.15 bits per heavy atom. The van der Waals surface area contributed by atoms with Crippen LogP contribution >= 0.6 is 7.82 Å². The van der Waals surface area contributed by atoms with Crippen molar-refractivity contribution in [3.05, 3.63) is 58.1 Å². The zero-order chi connectivity index (χ0) is 24.0. The molecule has 1 aromatic heterocycles. The van der Waals surface area contributed by atoms with Gasteiger partial charge in [0.15, 0.2) is 6.23 Å². The molecule has 2 aliphatic rings. The highest BCUT2D eigenvalue weighted by Gasteiger charge is 2.54. The lowest BCUT2D eigenvalue weighted by molar-refractivity contribution is -0.0989. The molecule has 3 heterocycles.